The SMILES string of the molecule is Cc1nc(=O)n(C2(C)CCCOC2)c(C)c1CCC(=O)O. The first-order valence-electron chi connectivity index (χ1n) is 7.24. The number of ether oxygens (including phenoxy) is 1. The molecule has 1 aromatic rings. The minimum Gasteiger partial charge on any atom is -0.481 e. The summed E-state index contributed by atoms with van der Waals surface area (Å²) in [6.45, 7) is 6.83. The highest BCUT2D eigenvalue weighted by Gasteiger charge is 2.33. The van der Waals surface area contributed by atoms with Gasteiger partial charge in [-0.15, -0.1) is 0 Å². The van der Waals surface area contributed by atoms with Crippen LogP contribution in [0.1, 0.15) is 43.1 Å². The summed E-state index contributed by atoms with van der Waals surface area (Å²) in [6, 6.07) is 0. The molecular formula is C15H22N2O4. The molecule has 116 valence electrons. The van der Waals surface area contributed by atoms with Crippen molar-refractivity contribution < 1.29 is 14.6 Å². The number of carboxylic acid groups (broad SMARTS) is 1. The van der Waals surface area contributed by atoms with E-state index < -0.39 is 11.5 Å². The fourth-order valence-electron chi connectivity index (χ4n) is 3.13. The molecule has 21 heavy (non-hydrogen) atoms. The molecular weight excluding hydrogens is 272 g/mol. The molecule has 1 aromatic heterocycles. The Morgan fingerprint density at radius 2 is 2.19 bits per heavy atom. The van der Waals surface area contributed by atoms with E-state index in [1.165, 1.54) is 0 Å². The van der Waals surface area contributed by atoms with Gasteiger partial charge in [-0.1, -0.05) is 0 Å². The number of nitrogens with zero attached hydrogens (tertiary/aromatic N) is 2. The second kappa shape index (κ2) is 5.97. The number of rotatable bonds is 4. The van der Waals surface area contributed by atoms with E-state index in [0.717, 1.165) is 24.1 Å². The lowest BCUT2D eigenvalue weighted by molar-refractivity contribution is -0.136. The number of carbonyl (C=O) groups is 1. The van der Waals surface area contributed by atoms with Crippen LogP contribution in [0.25, 0.3) is 0 Å². The highest BCUT2D eigenvalue weighted by molar-refractivity contribution is 5.67. The molecule has 1 atom stereocenters. The molecule has 0 bridgehead atoms. The third-order valence-electron chi connectivity index (χ3n) is 4.21. The van der Waals surface area contributed by atoms with Gasteiger partial charge >= 0.3 is 11.7 Å². The van der Waals surface area contributed by atoms with Crippen LogP contribution >= 0.6 is 0 Å². The van der Waals surface area contributed by atoms with Crippen molar-refractivity contribution in [2.24, 2.45) is 0 Å². The maximum atomic E-state index is 12.3. The quantitative estimate of drug-likeness (QED) is 0.908. The molecule has 0 radical (unpaired) electrons. The molecule has 0 saturated carbocycles. The predicted octanol–water partition coefficient (Wildman–Crippen LogP) is 1.40. The first-order valence-corrected chi connectivity index (χ1v) is 7.24. The van der Waals surface area contributed by atoms with Crippen LogP contribution in [0.2, 0.25) is 0 Å². The largest absolute Gasteiger partial charge is 0.481 e. The number of hydrogen-bond acceptors (Lipinski definition) is 4. The van der Waals surface area contributed by atoms with Crippen LogP contribution in [0, 0.1) is 13.8 Å². The topological polar surface area (TPSA) is 81.4 Å². The van der Waals surface area contributed by atoms with Gasteiger partial charge in [-0.25, -0.2) is 4.79 Å². The normalized spacial score (nSPS) is 22.2. The van der Waals surface area contributed by atoms with Crippen LogP contribution < -0.4 is 5.69 Å². The van der Waals surface area contributed by atoms with Crippen LogP contribution in [0.5, 0.6) is 0 Å². The van der Waals surface area contributed by atoms with Gasteiger partial charge in [0.1, 0.15) is 0 Å². The molecule has 0 amide bonds. The van der Waals surface area contributed by atoms with Gasteiger partial charge in [-0.3, -0.25) is 9.36 Å². The Morgan fingerprint density at radius 1 is 1.48 bits per heavy atom. The highest BCUT2D eigenvalue weighted by atomic mass is 16.5. The van der Waals surface area contributed by atoms with Crippen LogP contribution in [0.4, 0.5) is 0 Å². The van der Waals surface area contributed by atoms with E-state index in [1.807, 2.05) is 13.8 Å². The Bertz CT molecular complexity index is 600. The number of aliphatic carboxylic acids is 1. The van der Waals surface area contributed by atoms with Gasteiger partial charge in [0.05, 0.1) is 12.1 Å². The van der Waals surface area contributed by atoms with E-state index in [2.05, 4.69) is 4.98 Å². The fraction of sp³-hybridized carbons (Fsp3) is 0.667. The van der Waals surface area contributed by atoms with Crippen LogP contribution in [0.15, 0.2) is 4.79 Å². The standard InChI is InChI=1S/C15H22N2O4/c1-10-12(5-6-13(18)19)11(2)17(14(20)16-10)15(3)7-4-8-21-9-15/h4-9H2,1-3H3,(H,18,19). The molecule has 2 rings (SSSR count). The Hall–Kier alpha value is -1.69. The first kappa shape index (κ1) is 15.7. The van der Waals surface area contributed by atoms with Gasteiger partial charge in [-0.2, -0.15) is 4.98 Å². The summed E-state index contributed by atoms with van der Waals surface area (Å²) in [4.78, 5) is 27.2. The summed E-state index contributed by atoms with van der Waals surface area (Å²) >= 11 is 0. The molecule has 1 aliphatic heterocycles. The minimum absolute atomic E-state index is 0.0365. The number of carboxylic acids is 1. The monoisotopic (exact) mass is 294 g/mol. The van der Waals surface area contributed by atoms with Gasteiger partial charge in [0.15, 0.2) is 0 Å². The van der Waals surface area contributed by atoms with Gasteiger partial charge in [0, 0.05) is 24.4 Å². The predicted molar refractivity (Wildman–Crippen MR) is 77.6 cm³/mol. The lowest BCUT2D eigenvalue weighted by Gasteiger charge is -2.37. The molecule has 0 spiro atoms. The molecule has 1 aliphatic rings. The minimum atomic E-state index is -0.848. The molecule has 6 nitrogen and oxygen atoms in total. The van der Waals surface area contributed by atoms with Crippen molar-refractivity contribution in [3.8, 4) is 0 Å². The summed E-state index contributed by atoms with van der Waals surface area (Å²) in [6.07, 6.45) is 2.18. The molecule has 0 aliphatic carbocycles. The molecule has 1 fully saturated rings. The van der Waals surface area contributed by atoms with E-state index in [4.69, 9.17) is 9.84 Å². The van der Waals surface area contributed by atoms with Crippen molar-refractivity contribution >= 4 is 5.97 Å². The van der Waals surface area contributed by atoms with Crippen LogP contribution in [-0.4, -0.2) is 33.8 Å². The average molecular weight is 294 g/mol. The molecule has 1 N–H and O–H groups in total. The third-order valence-corrected chi connectivity index (χ3v) is 4.21. The van der Waals surface area contributed by atoms with Crippen LogP contribution in [0.3, 0.4) is 0 Å². The van der Waals surface area contributed by atoms with E-state index in [9.17, 15) is 9.59 Å². The number of hydrogen-bond donors (Lipinski definition) is 1. The summed E-state index contributed by atoms with van der Waals surface area (Å²) < 4.78 is 7.23. The maximum absolute atomic E-state index is 12.3. The van der Waals surface area contributed by atoms with Crippen molar-refractivity contribution in [3.05, 3.63) is 27.4 Å². The van der Waals surface area contributed by atoms with E-state index in [-0.39, 0.29) is 12.1 Å². The second-order valence-corrected chi connectivity index (χ2v) is 5.93. The van der Waals surface area contributed by atoms with E-state index in [1.54, 1.807) is 11.5 Å². The van der Waals surface area contributed by atoms with Crippen molar-refractivity contribution in [1.29, 1.82) is 0 Å². The van der Waals surface area contributed by atoms with Gasteiger partial charge < -0.3 is 9.84 Å². The summed E-state index contributed by atoms with van der Waals surface area (Å²) in [7, 11) is 0. The van der Waals surface area contributed by atoms with Crippen molar-refractivity contribution in [3.63, 3.8) is 0 Å². The summed E-state index contributed by atoms with van der Waals surface area (Å²) in [5.41, 5.74) is 1.59. The zero-order valence-corrected chi connectivity index (χ0v) is 12.8. The highest BCUT2D eigenvalue weighted by Crippen LogP contribution is 2.28. The van der Waals surface area contributed by atoms with Crippen LogP contribution in [-0.2, 0) is 21.5 Å². The van der Waals surface area contributed by atoms with Crippen molar-refractivity contribution in [2.45, 2.75) is 52.0 Å². The van der Waals surface area contributed by atoms with Crippen molar-refractivity contribution in [2.75, 3.05) is 13.2 Å². The van der Waals surface area contributed by atoms with Gasteiger partial charge in [-0.05, 0) is 45.6 Å². The number of aryl methyl sites for hydroxylation is 1. The summed E-state index contributed by atoms with van der Waals surface area (Å²) in [5, 5.41) is 8.87. The zero-order chi connectivity index (χ0) is 15.6. The molecule has 1 unspecified atom stereocenters. The zero-order valence-electron chi connectivity index (χ0n) is 12.8. The van der Waals surface area contributed by atoms with Gasteiger partial charge in [0.2, 0.25) is 0 Å². The first-order chi connectivity index (χ1) is 9.85. The fourth-order valence-corrected chi connectivity index (χ4v) is 3.13. The Labute approximate surface area is 123 Å². The van der Waals surface area contributed by atoms with Crippen molar-refractivity contribution in [1.82, 2.24) is 9.55 Å². The van der Waals surface area contributed by atoms with Gasteiger partial charge in [0.25, 0.3) is 0 Å². The molecule has 6 heteroatoms. The third kappa shape index (κ3) is 3.15. The summed E-state index contributed by atoms with van der Waals surface area (Å²) in [5.74, 6) is -0.848. The van der Waals surface area contributed by atoms with E-state index >= 15 is 0 Å². The molecule has 0 aromatic carbocycles. The Balaban J connectivity index is 2.48. The smallest absolute Gasteiger partial charge is 0.348 e. The molecule has 1 saturated heterocycles. The lowest BCUT2D eigenvalue weighted by Crippen LogP contribution is -2.47. The average Bonchev–Trinajstić information content (AvgIpc) is 2.37. The van der Waals surface area contributed by atoms with E-state index in [0.29, 0.717) is 25.3 Å². The maximum Gasteiger partial charge on any atom is 0.348 e. The Kier molecular flexibility index (Phi) is 4.46. The lowest BCUT2D eigenvalue weighted by atomic mass is 9.93. The second-order valence-electron chi connectivity index (χ2n) is 5.93. The molecule has 2 heterocycles. The number of aromatic nitrogens is 2. The Morgan fingerprint density at radius 3 is 2.76 bits per heavy atom.